The number of ether oxygens (including phenoxy) is 2. The zero-order valence-electron chi connectivity index (χ0n) is 28.9. The number of unbranched alkanes of at least 4 members (excludes halogenated alkanes) is 5. The number of hydrogen-bond donors (Lipinski definition) is 2. The van der Waals surface area contributed by atoms with Gasteiger partial charge >= 0.3 is 0 Å². The van der Waals surface area contributed by atoms with Gasteiger partial charge in [0.25, 0.3) is 11.8 Å². The molecule has 0 saturated heterocycles. The van der Waals surface area contributed by atoms with Crippen molar-refractivity contribution in [1.29, 1.82) is 0 Å². The van der Waals surface area contributed by atoms with Crippen molar-refractivity contribution in [3.05, 3.63) is 53.1 Å². The van der Waals surface area contributed by atoms with Gasteiger partial charge in [-0.3, -0.25) is 24.1 Å². The van der Waals surface area contributed by atoms with E-state index in [-0.39, 0.29) is 52.3 Å². The van der Waals surface area contributed by atoms with Crippen LogP contribution in [0.1, 0.15) is 118 Å². The molecule has 0 saturated carbocycles. The fourth-order valence-corrected chi connectivity index (χ4v) is 6.21. The lowest BCUT2D eigenvalue weighted by Gasteiger charge is -2.28. The number of hydrogen-bond acceptors (Lipinski definition) is 7. The monoisotopic (exact) mass is 669 g/mol. The lowest BCUT2D eigenvalue weighted by molar-refractivity contribution is -0.122. The summed E-state index contributed by atoms with van der Waals surface area (Å²) in [6.45, 7) is 10.6. The van der Waals surface area contributed by atoms with Crippen molar-refractivity contribution in [1.82, 2.24) is 10.2 Å². The maximum atomic E-state index is 13.8. The first-order valence-corrected chi connectivity index (χ1v) is 18.2. The van der Waals surface area contributed by atoms with Crippen LogP contribution in [0.15, 0.2) is 36.4 Å². The fraction of sp³-hybridized carbons (Fsp3) is 0.556. The largest absolute Gasteiger partial charge is 0.616 e. The summed E-state index contributed by atoms with van der Waals surface area (Å²) in [7, 11) is 1.52. The summed E-state index contributed by atoms with van der Waals surface area (Å²) < 4.78 is 23.5. The number of amides is 4. The molecule has 10 nitrogen and oxygen atoms in total. The SMILES string of the molecule is CCOc1cc(C(C[S+](C)[O-])N2C(=O)c3cccc(NC(=O)CCCCCCCCC(=O)NC(C)C(C)(C)C)c3C2=O)ccc1OC. The van der Waals surface area contributed by atoms with E-state index in [9.17, 15) is 23.7 Å². The van der Waals surface area contributed by atoms with Gasteiger partial charge in [0.1, 0.15) is 11.8 Å². The highest BCUT2D eigenvalue weighted by Crippen LogP contribution is 2.38. The number of anilines is 1. The van der Waals surface area contributed by atoms with E-state index in [0.717, 1.165) is 37.0 Å². The van der Waals surface area contributed by atoms with Gasteiger partial charge in [-0.1, -0.05) is 69.8 Å². The molecule has 3 unspecified atom stereocenters. The lowest BCUT2D eigenvalue weighted by atomic mass is 9.88. The molecule has 0 aliphatic carbocycles. The molecular formula is C36H51N3O7S. The molecule has 0 spiro atoms. The first kappa shape index (κ1) is 37.9. The summed E-state index contributed by atoms with van der Waals surface area (Å²) in [5.74, 6) is -0.202. The van der Waals surface area contributed by atoms with Crippen LogP contribution >= 0.6 is 0 Å². The molecule has 2 N–H and O–H groups in total. The standard InChI is InChI=1S/C36H51N3O7S/c1-8-46-30-22-25(20-21-29(30)45-6)28(23-47(7)44)39-34(42)26-16-15-17-27(33(26)35(39)43)38-32(41)19-14-12-10-9-11-13-18-31(40)37-24(2)36(3,4)5/h15-17,20-22,24,28H,8-14,18-19,23H2,1-7H3,(H,37,40)(H,38,41). The Morgan fingerprint density at radius 1 is 0.936 bits per heavy atom. The van der Waals surface area contributed by atoms with E-state index in [1.54, 1.807) is 36.4 Å². The number of rotatable bonds is 18. The highest BCUT2D eigenvalue weighted by molar-refractivity contribution is 7.90. The summed E-state index contributed by atoms with van der Waals surface area (Å²) >= 11 is -1.34. The van der Waals surface area contributed by atoms with Gasteiger partial charge in [-0.15, -0.1) is 0 Å². The van der Waals surface area contributed by atoms with Crippen LogP contribution in [0.4, 0.5) is 5.69 Å². The first-order valence-electron chi connectivity index (χ1n) is 16.5. The molecule has 3 atom stereocenters. The molecule has 1 aliphatic rings. The predicted octanol–water partition coefficient (Wildman–Crippen LogP) is 6.42. The molecule has 11 heteroatoms. The molecule has 2 aromatic rings. The normalized spacial score (nSPS) is 14.8. The molecule has 0 bridgehead atoms. The molecule has 0 aromatic heterocycles. The summed E-state index contributed by atoms with van der Waals surface area (Å²) in [4.78, 5) is 53.6. The van der Waals surface area contributed by atoms with Gasteiger partial charge in [-0.05, 0) is 61.9 Å². The van der Waals surface area contributed by atoms with Gasteiger partial charge in [0, 0.05) is 18.9 Å². The van der Waals surface area contributed by atoms with Gasteiger partial charge in [-0.25, -0.2) is 0 Å². The number of fused-ring (bicyclic) bond motifs is 1. The van der Waals surface area contributed by atoms with E-state index in [2.05, 4.69) is 31.4 Å². The Bertz CT molecular complexity index is 1410. The molecule has 258 valence electrons. The van der Waals surface area contributed by atoms with Crippen molar-refractivity contribution in [2.75, 3.05) is 31.0 Å². The van der Waals surface area contributed by atoms with Crippen molar-refractivity contribution in [3.8, 4) is 11.5 Å². The van der Waals surface area contributed by atoms with E-state index in [0.29, 0.717) is 36.5 Å². The number of nitrogens with zero attached hydrogens (tertiary/aromatic N) is 1. The number of methoxy groups -OCH3 is 1. The molecule has 0 fully saturated rings. The van der Waals surface area contributed by atoms with Crippen molar-refractivity contribution in [2.45, 2.75) is 98.1 Å². The second kappa shape index (κ2) is 17.5. The van der Waals surface area contributed by atoms with E-state index in [1.807, 2.05) is 13.8 Å². The molecule has 4 amide bonds. The number of nitrogens with one attached hydrogen (secondary N) is 2. The summed E-state index contributed by atoms with van der Waals surface area (Å²) in [6.07, 6.45) is 7.65. The van der Waals surface area contributed by atoms with Crippen LogP contribution in [0.3, 0.4) is 0 Å². The number of carbonyl (C=O) groups is 4. The Labute approximate surface area is 282 Å². The van der Waals surface area contributed by atoms with Gasteiger partial charge in [0.05, 0.1) is 36.8 Å². The molecule has 3 rings (SSSR count). The molecule has 1 aliphatic heterocycles. The molecule has 2 aromatic carbocycles. The number of imide groups is 1. The topological polar surface area (TPSA) is 137 Å². The number of carbonyl (C=O) groups excluding carboxylic acids is 4. The van der Waals surface area contributed by atoms with Crippen molar-refractivity contribution >= 4 is 40.5 Å². The summed E-state index contributed by atoms with van der Waals surface area (Å²) in [5.41, 5.74) is 1.23. The third-order valence-electron chi connectivity index (χ3n) is 8.53. The van der Waals surface area contributed by atoms with E-state index in [4.69, 9.17) is 9.47 Å². The zero-order chi connectivity index (χ0) is 34.7. The van der Waals surface area contributed by atoms with Crippen LogP contribution in [0.2, 0.25) is 0 Å². The van der Waals surface area contributed by atoms with E-state index < -0.39 is 29.0 Å². The molecule has 47 heavy (non-hydrogen) atoms. The third kappa shape index (κ3) is 10.5. The Morgan fingerprint density at radius 2 is 1.57 bits per heavy atom. The minimum atomic E-state index is -1.34. The smallest absolute Gasteiger partial charge is 0.264 e. The predicted molar refractivity (Wildman–Crippen MR) is 185 cm³/mol. The summed E-state index contributed by atoms with van der Waals surface area (Å²) in [5, 5.41) is 5.91. The fourth-order valence-electron chi connectivity index (χ4n) is 5.42. The second-order valence-corrected chi connectivity index (χ2v) is 14.6. The Kier molecular flexibility index (Phi) is 14.1. The average molecular weight is 670 g/mol. The minimum Gasteiger partial charge on any atom is -0.616 e. The Morgan fingerprint density at radius 3 is 2.17 bits per heavy atom. The highest BCUT2D eigenvalue weighted by Gasteiger charge is 2.43. The quantitative estimate of drug-likeness (QED) is 0.106. The van der Waals surface area contributed by atoms with Crippen molar-refractivity contribution in [2.24, 2.45) is 5.41 Å². The number of benzene rings is 2. The second-order valence-electron chi connectivity index (χ2n) is 13.1. The van der Waals surface area contributed by atoms with Crippen LogP contribution < -0.4 is 20.1 Å². The van der Waals surface area contributed by atoms with Crippen molar-refractivity contribution < 1.29 is 33.2 Å². The zero-order valence-corrected chi connectivity index (χ0v) is 29.7. The van der Waals surface area contributed by atoms with Crippen LogP contribution in [0, 0.1) is 5.41 Å². The first-order chi connectivity index (χ1) is 22.3. The highest BCUT2D eigenvalue weighted by atomic mass is 32.2. The molecular weight excluding hydrogens is 618 g/mol. The summed E-state index contributed by atoms with van der Waals surface area (Å²) in [6, 6.07) is 9.27. The maximum absolute atomic E-state index is 13.8. The van der Waals surface area contributed by atoms with E-state index in [1.165, 1.54) is 13.4 Å². The minimum absolute atomic E-state index is 0.0305. The van der Waals surface area contributed by atoms with Gasteiger partial charge in [-0.2, -0.15) is 0 Å². The van der Waals surface area contributed by atoms with Gasteiger partial charge in [0.2, 0.25) is 11.8 Å². The Hall–Kier alpha value is -3.57. The van der Waals surface area contributed by atoms with E-state index >= 15 is 0 Å². The Balaban J connectivity index is 1.56. The maximum Gasteiger partial charge on any atom is 0.264 e. The van der Waals surface area contributed by atoms with Crippen LogP contribution in [-0.2, 0) is 20.8 Å². The van der Waals surface area contributed by atoms with Crippen LogP contribution in [0.5, 0.6) is 11.5 Å². The van der Waals surface area contributed by atoms with Gasteiger partial charge < -0.3 is 24.7 Å². The van der Waals surface area contributed by atoms with Crippen LogP contribution in [-0.4, -0.2) is 64.8 Å². The average Bonchev–Trinajstić information content (AvgIpc) is 3.26. The van der Waals surface area contributed by atoms with Crippen LogP contribution in [0.25, 0.3) is 0 Å². The molecule has 1 heterocycles. The lowest BCUT2D eigenvalue weighted by Crippen LogP contribution is -2.41. The van der Waals surface area contributed by atoms with Gasteiger partial charge in [0.15, 0.2) is 11.5 Å². The molecule has 0 radical (unpaired) electrons. The van der Waals surface area contributed by atoms with Crippen molar-refractivity contribution in [3.63, 3.8) is 0 Å². The third-order valence-corrected chi connectivity index (χ3v) is 9.32.